The minimum atomic E-state index is -0.0343. The van der Waals surface area contributed by atoms with Crippen LogP contribution in [0, 0.1) is 6.92 Å². The fraction of sp³-hybridized carbons (Fsp3) is 0.348. The Balaban J connectivity index is 1.17. The summed E-state index contributed by atoms with van der Waals surface area (Å²) in [6.45, 7) is 6.93. The van der Waals surface area contributed by atoms with Crippen LogP contribution < -0.4 is 10.5 Å². The summed E-state index contributed by atoms with van der Waals surface area (Å²) < 4.78 is 0. The summed E-state index contributed by atoms with van der Waals surface area (Å²) >= 11 is 0. The normalized spacial score (nSPS) is 15.3. The largest absolute Gasteiger partial charge is 0.352 e. The maximum absolute atomic E-state index is 12.4. The number of rotatable bonds is 5. The third kappa shape index (κ3) is 3.57. The summed E-state index contributed by atoms with van der Waals surface area (Å²) in [5.74, 6) is 1.83. The van der Waals surface area contributed by atoms with Crippen molar-refractivity contribution >= 4 is 27.6 Å². The summed E-state index contributed by atoms with van der Waals surface area (Å²) in [6, 6.07) is 14.1. The number of anilines is 1. The van der Waals surface area contributed by atoms with Gasteiger partial charge in [0, 0.05) is 38.0 Å². The lowest BCUT2D eigenvalue weighted by Crippen LogP contribution is -2.46. The third-order valence-corrected chi connectivity index (χ3v) is 6.00. The Morgan fingerprint density at radius 1 is 1.03 bits per heavy atom. The van der Waals surface area contributed by atoms with Gasteiger partial charge in [0.25, 0.3) is 5.56 Å². The van der Waals surface area contributed by atoms with E-state index < -0.39 is 0 Å². The number of piperazine rings is 1. The minimum absolute atomic E-state index is 0.0343. The molecule has 154 valence electrons. The second kappa shape index (κ2) is 7.91. The Morgan fingerprint density at radius 3 is 2.73 bits per heavy atom. The lowest BCUT2D eigenvalue weighted by molar-refractivity contribution is 0.254. The van der Waals surface area contributed by atoms with E-state index in [2.05, 4.69) is 48.2 Å². The molecule has 30 heavy (non-hydrogen) atoms. The number of fused-ring (bicyclic) bond motifs is 2. The molecule has 0 radical (unpaired) electrons. The van der Waals surface area contributed by atoms with Crippen molar-refractivity contribution in [3.05, 3.63) is 64.2 Å². The smallest absolute Gasteiger partial charge is 0.259 e. The average molecular weight is 403 g/mol. The molecule has 0 unspecified atom stereocenters. The van der Waals surface area contributed by atoms with E-state index >= 15 is 0 Å². The van der Waals surface area contributed by atoms with Gasteiger partial charge in [0.1, 0.15) is 5.82 Å². The molecule has 1 saturated heterocycles. The number of nitrogens with one attached hydrogen (secondary N) is 2. The van der Waals surface area contributed by atoms with Crippen molar-refractivity contribution in [2.24, 2.45) is 0 Å². The first-order chi connectivity index (χ1) is 14.7. The first kappa shape index (κ1) is 18.8. The van der Waals surface area contributed by atoms with Crippen molar-refractivity contribution in [1.29, 1.82) is 0 Å². The highest BCUT2D eigenvalue weighted by molar-refractivity contribution is 5.90. The predicted octanol–water partition coefficient (Wildman–Crippen LogP) is 2.86. The van der Waals surface area contributed by atoms with Gasteiger partial charge in [0.2, 0.25) is 0 Å². The Morgan fingerprint density at radius 2 is 1.87 bits per heavy atom. The second-order valence-electron chi connectivity index (χ2n) is 8.01. The van der Waals surface area contributed by atoms with Gasteiger partial charge < -0.3 is 9.88 Å². The van der Waals surface area contributed by atoms with E-state index in [1.54, 1.807) is 0 Å². The van der Waals surface area contributed by atoms with Crippen LogP contribution in [0.2, 0.25) is 0 Å². The number of aromatic nitrogens is 4. The van der Waals surface area contributed by atoms with Crippen molar-refractivity contribution in [2.45, 2.75) is 19.8 Å². The maximum atomic E-state index is 12.4. The van der Waals surface area contributed by atoms with Crippen molar-refractivity contribution in [1.82, 2.24) is 25.1 Å². The highest BCUT2D eigenvalue weighted by Gasteiger charge is 2.20. The molecule has 1 fully saturated rings. The van der Waals surface area contributed by atoms with Crippen LogP contribution in [0.25, 0.3) is 21.8 Å². The van der Waals surface area contributed by atoms with Crippen LogP contribution in [0.4, 0.5) is 5.82 Å². The Labute approximate surface area is 174 Å². The number of aromatic amines is 2. The van der Waals surface area contributed by atoms with Gasteiger partial charge in [0.05, 0.1) is 16.4 Å². The lowest BCUT2D eigenvalue weighted by Gasteiger charge is -2.35. The molecule has 0 bridgehead atoms. The zero-order chi connectivity index (χ0) is 20.5. The van der Waals surface area contributed by atoms with Gasteiger partial charge in [-0.15, -0.1) is 0 Å². The number of hydrogen-bond donors (Lipinski definition) is 2. The molecule has 1 aliphatic heterocycles. The fourth-order valence-electron chi connectivity index (χ4n) is 4.37. The zero-order valence-electron chi connectivity index (χ0n) is 17.2. The molecule has 3 heterocycles. The molecule has 4 aromatic rings. The molecule has 7 nitrogen and oxygen atoms in total. The van der Waals surface area contributed by atoms with Crippen LogP contribution in [-0.2, 0) is 6.42 Å². The Kier molecular flexibility index (Phi) is 4.96. The van der Waals surface area contributed by atoms with E-state index in [0.29, 0.717) is 5.39 Å². The van der Waals surface area contributed by atoms with E-state index in [0.717, 1.165) is 73.8 Å². The van der Waals surface area contributed by atoms with Crippen LogP contribution in [-0.4, -0.2) is 57.8 Å². The molecule has 7 heteroatoms. The van der Waals surface area contributed by atoms with Gasteiger partial charge in [-0.1, -0.05) is 24.3 Å². The number of H-pyrrole nitrogens is 2. The Bertz CT molecular complexity index is 1240. The molecule has 2 aromatic carbocycles. The first-order valence-electron chi connectivity index (χ1n) is 10.6. The molecule has 2 N–H and O–H groups in total. The molecule has 5 rings (SSSR count). The van der Waals surface area contributed by atoms with Crippen LogP contribution >= 0.6 is 0 Å². The van der Waals surface area contributed by atoms with Crippen LogP contribution in [0.3, 0.4) is 0 Å². The van der Waals surface area contributed by atoms with E-state index in [-0.39, 0.29) is 5.56 Å². The van der Waals surface area contributed by atoms with Gasteiger partial charge in [-0.05, 0) is 43.7 Å². The van der Waals surface area contributed by atoms with Crippen molar-refractivity contribution in [2.75, 3.05) is 37.6 Å². The van der Waals surface area contributed by atoms with Crippen LogP contribution in [0.15, 0.2) is 47.3 Å². The lowest BCUT2D eigenvalue weighted by atomic mass is 10.1. The van der Waals surface area contributed by atoms with Gasteiger partial charge in [-0.25, -0.2) is 4.98 Å². The van der Waals surface area contributed by atoms with Crippen LogP contribution in [0.5, 0.6) is 0 Å². The standard InChI is InChI=1S/C23H26N6O/c1-16-6-4-9-19-21(16)23(30)25-20(24-19)10-5-11-28-12-14-29(15-13-28)22-17-7-2-3-8-18(17)26-27-22/h2-4,6-9H,5,10-15H2,1H3,(H,26,27)(H,24,25,30). The molecule has 0 atom stereocenters. The Hall–Kier alpha value is -3.19. The van der Waals surface area contributed by atoms with Gasteiger partial charge in [-0.3, -0.25) is 14.8 Å². The third-order valence-electron chi connectivity index (χ3n) is 6.00. The van der Waals surface area contributed by atoms with Gasteiger partial charge in [0.15, 0.2) is 5.82 Å². The summed E-state index contributed by atoms with van der Waals surface area (Å²) in [5.41, 5.74) is 2.80. The number of nitrogens with zero attached hydrogens (tertiary/aromatic N) is 4. The maximum Gasteiger partial charge on any atom is 0.259 e. The van der Waals surface area contributed by atoms with Gasteiger partial charge >= 0.3 is 0 Å². The van der Waals surface area contributed by atoms with Crippen LogP contribution in [0.1, 0.15) is 17.8 Å². The molecule has 0 amide bonds. The van der Waals surface area contributed by atoms with Crippen molar-refractivity contribution in [3.8, 4) is 0 Å². The number of benzene rings is 2. The van der Waals surface area contributed by atoms with E-state index in [9.17, 15) is 4.79 Å². The first-order valence-corrected chi connectivity index (χ1v) is 10.6. The molecule has 2 aromatic heterocycles. The number of aryl methyl sites for hydroxylation is 2. The summed E-state index contributed by atoms with van der Waals surface area (Å²) in [5, 5.41) is 9.54. The summed E-state index contributed by atoms with van der Waals surface area (Å²) in [7, 11) is 0. The van der Waals surface area contributed by atoms with E-state index in [1.165, 1.54) is 5.39 Å². The van der Waals surface area contributed by atoms with Crippen molar-refractivity contribution < 1.29 is 0 Å². The monoisotopic (exact) mass is 402 g/mol. The highest BCUT2D eigenvalue weighted by Crippen LogP contribution is 2.24. The fourth-order valence-corrected chi connectivity index (χ4v) is 4.37. The number of para-hydroxylation sites is 1. The van der Waals surface area contributed by atoms with Crippen molar-refractivity contribution in [3.63, 3.8) is 0 Å². The molecule has 0 spiro atoms. The topological polar surface area (TPSA) is 80.9 Å². The molecule has 0 aliphatic carbocycles. The van der Waals surface area contributed by atoms with E-state index in [1.807, 2.05) is 31.2 Å². The zero-order valence-corrected chi connectivity index (χ0v) is 17.2. The predicted molar refractivity (Wildman–Crippen MR) is 120 cm³/mol. The quantitative estimate of drug-likeness (QED) is 0.537. The SMILES string of the molecule is Cc1cccc2nc(CCCN3CCN(c4n[nH]c5ccccc45)CC3)[nH]c(=O)c12. The molecule has 1 aliphatic rings. The summed E-state index contributed by atoms with van der Waals surface area (Å²) in [4.78, 5) is 24.9. The number of hydrogen-bond acceptors (Lipinski definition) is 5. The average Bonchev–Trinajstić information content (AvgIpc) is 3.18. The molecular formula is C23H26N6O. The molecular weight excluding hydrogens is 376 g/mol. The van der Waals surface area contributed by atoms with E-state index in [4.69, 9.17) is 0 Å². The minimum Gasteiger partial charge on any atom is -0.352 e. The summed E-state index contributed by atoms with van der Waals surface area (Å²) in [6.07, 6.45) is 1.76. The second-order valence-corrected chi connectivity index (χ2v) is 8.01. The van der Waals surface area contributed by atoms with Gasteiger partial charge in [-0.2, -0.15) is 5.10 Å². The molecule has 0 saturated carbocycles. The highest BCUT2D eigenvalue weighted by atomic mass is 16.1.